The molecule has 0 saturated heterocycles. The van der Waals surface area contributed by atoms with Crippen LogP contribution in [0.4, 0.5) is 10.1 Å². The van der Waals surface area contributed by atoms with E-state index in [2.05, 4.69) is 5.10 Å². The summed E-state index contributed by atoms with van der Waals surface area (Å²) in [5.74, 6) is 0.199. The molecular formula is C21H20FN3O3. The molecular weight excluding hydrogens is 361 g/mol. The second-order valence-electron chi connectivity index (χ2n) is 6.57. The molecule has 1 aliphatic rings. The zero-order valence-electron chi connectivity index (χ0n) is 15.4. The zero-order chi connectivity index (χ0) is 19.5. The largest absolute Gasteiger partial charge is 0.487 e. The number of para-hydroxylation sites is 1. The van der Waals surface area contributed by atoms with Gasteiger partial charge in [-0.25, -0.2) is 4.39 Å². The van der Waals surface area contributed by atoms with Crippen molar-refractivity contribution < 1.29 is 18.7 Å². The molecule has 3 aromatic rings. The number of hydrogen-bond donors (Lipinski definition) is 0. The summed E-state index contributed by atoms with van der Waals surface area (Å²) in [6, 6.07) is 16.8. The van der Waals surface area contributed by atoms with Crippen molar-refractivity contribution in [1.82, 2.24) is 9.78 Å². The standard InChI is InChI=1S/C21H20FN3O3/c1-27-14-18-12-24-20(21(26)25(18)17-9-7-15(22)8-10-17)11-16(23-24)13-28-19-5-3-2-4-6-19/h2-11,18H,12-14H2,1H3/t18-/m1/s1. The zero-order valence-corrected chi connectivity index (χ0v) is 15.4. The number of hydrogen-bond acceptors (Lipinski definition) is 4. The number of carbonyl (C=O) groups is 1. The van der Waals surface area contributed by atoms with Crippen LogP contribution in [0.1, 0.15) is 16.2 Å². The van der Waals surface area contributed by atoms with Crippen molar-refractivity contribution in [1.29, 1.82) is 0 Å². The smallest absolute Gasteiger partial charge is 0.276 e. The highest BCUT2D eigenvalue weighted by atomic mass is 19.1. The van der Waals surface area contributed by atoms with Crippen molar-refractivity contribution in [2.24, 2.45) is 0 Å². The third-order valence-corrected chi connectivity index (χ3v) is 4.61. The van der Waals surface area contributed by atoms with Gasteiger partial charge in [0, 0.05) is 12.8 Å². The average molecular weight is 381 g/mol. The predicted molar refractivity (Wildman–Crippen MR) is 102 cm³/mol. The van der Waals surface area contributed by atoms with E-state index in [4.69, 9.17) is 9.47 Å². The van der Waals surface area contributed by atoms with E-state index < -0.39 is 0 Å². The normalized spacial score (nSPS) is 16.1. The SMILES string of the molecule is COC[C@H]1Cn2nc(COc3ccccc3)cc2C(=O)N1c1ccc(F)cc1. The molecule has 7 heteroatoms. The minimum Gasteiger partial charge on any atom is -0.487 e. The van der Waals surface area contributed by atoms with Crippen LogP contribution in [-0.4, -0.2) is 35.4 Å². The second-order valence-corrected chi connectivity index (χ2v) is 6.57. The minimum absolute atomic E-state index is 0.196. The fraction of sp³-hybridized carbons (Fsp3) is 0.238. The van der Waals surface area contributed by atoms with E-state index in [1.165, 1.54) is 12.1 Å². The molecule has 4 rings (SSSR count). The first-order valence-electron chi connectivity index (χ1n) is 8.98. The van der Waals surface area contributed by atoms with E-state index in [9.17, 15) is 9.18 Å². The van der Waals surface area contributed by atoms with Crippen molar-refractivity contribution in [2.75, 3.05) is 18.6 Å². The first-order valence-corrected chi connectivity index (χ1v) is 8.98. The van der Waals surface area contributed by atoms with Crippen molar-refractivity contribution >= 4 is 11.6 Å². The van der Waals surface area contributed by atoms with Crippen LogP contribution in [0.3, 0.4) is 0 Å². The average Bonchev–Trinajstić information content (AvgIpc) is 3.12. The number of fused-ring (bicyclic) bond motifs is 1. The highest BCUT2D eigenvalue weighted by molar-refractivity contribution is 6.06. The molecule has 0 fully saturated rings. The molecule has 144 valence electrons. The number of rotatable bonds is 6. The molecule has 28 heavy (non-hydrogen) atoms. The maximum absolute atomic E-state index is 13.3. The quantitative estimate of drug-likeness (QED) is 0.658. The van der Waals surface area contributed by atoms with Gasteiger partial charge >= 0.3 is 0 Å². The summed E-state index contributed by atoms with van der Waals surface area (Å²) in [5.41, 5.74) is 1.77. The summed E-state index contributed by atoms with van der Waals surface area (Å²) in [6.07, 6.45) is 0. The monoisotopic (exact) mass is 381 g/mol. The predicted octanol–water partition coefficient (Wildman–Crippen LogP) is 3.28. The van der Waals surface area contributed by atoms with E-state index in [1.807, 2.05) is 30.3 Å². The molecule has 0 unspecified atom stereocenters. The van der Waals surface area contributed by atoms with Crippen LogP contribution in [0.2, 0.25) is 0 Å². The summed E-state index contributed by atoms with van der Waals surface area (Å²) < 4.78 is 26.0. The number of carbonyl (C=O) groups excluding carboxylic acids is 1. The lowest BCUT2D eigenvalue weighted by atomic mass is 10.1. The Balaban J connectivity index is 1.59. The van der Waals surface area contributed by atoms with Crippen LogP contribution in [0.5, 0.6) is 5.75 Å². The molecule has 0 bridgehead atoms. The van der Waals surface area contributed by atoms with Gasteiger partial charge in [-0.2, -0.15) is 5.10 Å². The molecule has 1 aliphatic heterocycles. The Morgan fingerprint density at radius 1 is 1.14 bits per heavy atom. The fourth-order valence-electron chi connectivity index (χ4n) is 3.35. The molecule has 0 N–H and O–H groups in total. The molecule has 1 amide bonds. The van der Waals surface area contributed by atoms with Crippen molar-refractivity contribution in [3.63, 3.8) is 0 Å². The van der Waals surface area contributed by atoms with E-state index in [0.717, 1.165) is 5.75 Å². The summed E-state index contributed by atoms with van der Waals surface area (Å²) in [4.78, 5) is 14.8. The van der Waals surface area contributed by atoms with Gasteiger partial charge in [0.2, 0.25) is 0 Å². The Morgan fingerprint density at radius 3 is 2.61 bits per heavy atom. The molecule has 2 heterocycles. The molecule has 0 radical (unpaired) electrons. The van der Waals surface area contributed by atoms with Gasteiger partial charge in [0.1, 0.15) is 29.6 Å². The van der Waals surface area contributed by atoms with E-state index in [0.29, 0.717) is 30.2 Å². The first kappa shape index (κ1) is 18.2. The van der Waals surface area contributed by atoms with Crippen molar-refractivity contribution in [3.8, 4) is 5.75 Å². The Hall–Kier alpha value is -3.19. The molecule has 2 aromatic carbocycles. The topological polar surface area (TPSA) is 56.6 Å². The van der Waals surface area contributed by atoms with Crippen LogP contribution >= 0.6 is 0 Å². The van der Waals surface area contributed by atoms with Crippen molar-refractivity contribution in [3.05, 3.63) is 77.9 Å². The number of aromatic nitrogens is 2. The van der Waals surface area contributed by atoms with Crippen LogP contribution in [0.25, 0.3) is 0 Å². The van der Waals surface area contributed by atoms with Crippen LogP contribution in [0.15, 0.2) is 60.7 Å². The van der Waals surface area contributed by atoms with Gasteiger partial charge in [0.05, 0.1) is 19.2 Å². The number of anilines is 1. The van der Waals surface area contributed by atoms with Crippen LogP contribution in [0, 0.1) is 5.82 Å². The van der Waals surface area contributed by atoms with Gasteiger partial charge in [-0.3, -0.25) is 14.4 Å². The second kappa shape index (κ2) is 7.82. The molecule has 6 nitrogen and oxygen atoms in total. The maximum Gasteiger partial charge on any atom is 0.276 e. The number of methoxy groups -OCH3 is 1. The van der Waals surface area contributed by atoms with Gasteiger partial charge in [0.25, 0.3) is 5.91 Å². The molecule has 0 spiro atoms. The number of benzene rings is 2. The lowest BCUT2D eigenvalue weighted by molar-refractivity contribution is 0.0899. The van der Waals surface area contributed by atoms with Gasteiger partial charge in [-0.15, -0.1) is 0 Å². The van der Waals surface area contributed by atoms with Gasteiger partial charge in [-0.05, 0) is 42.5 Å². The Bertz CT molecular complexity index is 957. The van der Waals surface area contributed by atoms with Crippen LogP contribution in [-0.2, 0) is 17.9 Å². The van der Waals surface area contributed by atoms with Gasteiger partial charge in [0.15, 0.2) is 0 Å². The summed E-state index contributed by atoms with van der Waals surface area (Å²) >= 11 is 0. The van der Waals surface area contributed by atoms with E-state index in [1.54, 1.807) is 34.9 Å². The number of nitrogens with zero attached hydrogens (tertiary/aromatic N) is 3. The Morgan fingerprint density at radius 2 is 1.89 bits per heavy atom. The van der Waals surface area contributed by atoms with E-state index in [-0.39, 0.29) is 24.4 Å². The lowest BCUT2D eigenvalue weighted by Crippen LogP contribution is -2.50. The minimum atomic E-state index is -0.345. The number of ether oxygens (including phenoxy) is 2. The summed E-state index contributed by atoms with van der Waals surface area (Å²) in [5, 5.41) is 4.52. The molecule has 0 saturated carbocycles. The first-order chi connectivity index (χ1) is 13.7. The maximum atomic E-state index is 13.3. The van der Waals surface area contributed by atoms with Gasteiger partial charge in [-0.1, -0.05) is 18.2 Å². The third-order valence-electron chi connectivity index (χ3n) is 4.61. The Labute approximate surface area is 162 Å². The number of halogens is 1. The van der Waals surface area contributed by atoms with Crippen LogP contribution < -0.4 is 9.64 Å². The molecule has 1 atom stereocenters. The Kier molecular flexibility index (Phi) is 5.08. The highest BCUT2D eigenvalue weighted by Crippen LogP contribution is 2.26. The summed E-state index contributed by atoms with van der Waals surface area (Å²) in [7, 11) is 1.59. The van der Waals surface area contributed by atoms with E-state index >= 15 is 0 Å². The lowest BCUT2D eigenvalue weighted by Gasteiger charge is -2.35. The van der Waals surface area contributed by atoms with Gasteiger partial charge < -0.3 is 9.47 Å². The summed E-state index contributed by atoms with van der Waals surface area (Å²) in [6.45, 7) is 1.10. The number of amides is 1. The highest BCUT2D eigenvalue weighted by Gasteiger charge is 2.35. The molecule has 0 aliphatic carbocycles. The molecule has 1 aromatic heterocycles. The fourth-order valence-corrected chi connectivity index (χ4v) is 3.35. The third kappa shape index (κ3) is 3.61. The van der Waals surface area contributed by atoms with Crippen molar-refractivity contribution in [2.45, 2.75) is 19.2 Å².